The van der Waals surface area contributed by atoms with Crippen molar-refractivity contribution in [2.24, 2.45) is 0 Å². The second-order valence-electron chi connectivity index (χ2n) is 5.57. The summed E-state index contributed by atoms with van der Waals surface area (Å²) >= 11 is 0. The Kier molecular flexibility index (Phi) is 5.84. The fraction of sp³-hybridized carbons (Fsp3) is 0.211. The predicted octanol–water partition coefficient (Wildman–Crippen LogP) is 2.60. The molecular formula is C19H19NO4. The van der Waals surface area contributed by atoms with Gasteiger partial charge in [-0.15, -0.1) is 0 Å². The smallest absolute Gasteiger partial charge is 0.338 e. The Bertz CT molecular complexity index is 721. The monoisotopic (exact) mass is 325 g/mol. The van der Waals surface area contributed by atoms with E-state index in [9.17, 15) is 14.4 Å². The molecule has 0 radical (unpaired) electrons. The molecule has 0 aliphatic rings. The summed E-state index contributed by atoms with van der Waals surface area (Å²) in [5.74, 6) is -1.08. The van der Waals surface area contributed by atoms with Crippen molar-refractivity contribution in [2.45, 2.75) is 19.9 Å². The molecule has 2 rings (SSSR count). The van der Waals surface area contributed by atoms with Gasteiger partial charge in [-0.1, -0.05) is 42.5 Å². The van der Waals surface area contributed by atoms with Crippen LogP contribution >= 0.6 is 0 Å². The maximum atomic E-state index is 12.3. The number of ether oxygens (including phenoxy) is 1. The maximum absolute atomic E-state index is 12.3. The molecule has 5 nitrogen and oxygen atoms in total. The summed E-state index contributed by atoms with van der Waals surface area (Å²) in [6, 6.07) is 15.0. The van der Waals surface area contributed by atoms with Crippen molar-refractivity contribution in [3.63, 3.8) is 0 Å². The van der Waals surface area contributed by atoms with Crippen LogP contribution in [0.25, 0.3) is 0 Å². The molecule has 0 heterocycles. The van der Waals surface area contributed by atoms with Gasteiger partial charge in [-0.2, -0.15) is 0 Å². The molecule has 0 aromatic heterocycles. The van der Waals surface area contributed by atoms with E-state index in [1.54, 1.807) is 36.4 Å². The summed E-state index contributed by atoms with van der Waals surface area (Å²) in [6.45, 7) is 3.31. The Labute approximate surface area is 140 Å². The van der Waals surface area contributed by atoms with Crippen molar-refractivity contribution < 1.29 is 19.1 Å². The van der Waals surface area contributed by atoms with Crippen LogP contribution < -0.4 is 5.32 Å². The molecule has 1 amide bonds. The lowest BCUT2D eigenvalue weighted by molar-refractivity contribution is -0.124. The first-order chi connectivity index (χ1) is 11.5. The number of hydrogen-bond acceptors (Lipinski definition) is 4. The van der Waals surface area contributed by atoms with E-state index in [0.29, 0.717) is 11.1 Å². The van der Waals surface area contributed by atoms with Crippen molar-refractivity contribution in [1.29, 1.82) is 0 Å². The van der Waals surface area contributed by atoms with Crippen molar-refractivity contribution >= 4 is 17.7 Å². The average Bonchev–Trinajstić information content (AvgIpc) is 2.59. The molecular weight excluding hydrogens is 306 g/mol. The summed E-state index contributed by atoms with van der Waals surface area (Å²) < 4.78 is 4.94. The van der Waals surface area contributed by atoms with E-state index in [1.165, 1.54) is 12.1 Å². The van der Waals surface area contributed by atoms with Crippen LogP contribution in [0, 0.1) is 0 Å². The molecule has 2 aromatic rings. The summed E-state index contributed by atoms with van der Waals surface area (Å²) in [4.78, 5) is 35.6. The number of amides is 1. The van der Waals surface area contributed by atoms with Crippen molar-refractivity contribution in [3.8, 4) is 0 Å². The lowest BCUT2D eigenvalue weighted by Gasteiger charge is -2.09. The highest BCUT2D eigenvalue weighted by atomic mass is 16.5. The van der Waals surface area contributed by atoms with Gasteiger partial charge in [0.15, 0.2) is 12.4 Å². The van der Waals surface area contributed by atoms with Gasteiger partial charge >= 0.3 is 5.97 Å². The molecule has 0 saturated heterocycles. The second-order valence-corrected chi connectivity index (χ2v) is 5.57. The maximum Gasteiger partial charge on any atom is 0.338 e. The van der Waals surface area contributed by atoms with Gasteiger partial charge in [-0.3, -0.25) is 9.59 Å². The third-order valence-corrected chi connectivity index (χ3v) is 3.20. The lowest BCUT2D eigenvalue weighted by atomic mass is 10.0. The number of benzene rings is 2. The van der Waals surface area contributed by atoms with Crippen LogP contribution in [-0.2, 0) is 9.53 Å². The van der Waals surface area contributed by atoms with Gasteiger partial charge in [0.2, 0.25) is 0 Å². The highest BCUT2D eigenvalue weighted by Crippen LogP contribution is 2.11. The first kappa shape index (κ1) is 17.4. The zero-order valence-corrected chi connectivity index (χ0v) is 13.6. The molecule has 0 saturated carbocycles. The molecule has 0 unspecified atom stereocenters. The molecule has 0 spiro atoms. The molecule has 5 heteroatoms. The molecule has 0 fully saturated rings. The molecule has 0 bridgehead atoms. The average molecular weight is 325 g/mol. The quantitative estimate of drug-likeness (QED) is 0.654. The number of hydrogen-bond donors (Lipinski definition) is 1. The molecule has 1 N–H and O–H groups in total. The summed E-state index contributed by atoms with van der Waals surface area (Å²) in [5, 5.41) is 2.63. The SMILES string of the molecule is CC(C)NC(=O)COC(=O)c1ccc(C(=O)c2ccccc2)cc1. The Hall–Kier alpha value is -2.95. The van der Waals surface area contributed by atoms with Gasteiger partial charge in [-0.05, 0) is 26.0 Å². The first-order valence-electron chi connectivity index (χ1n) is 7.63. The van der Waals surface area contributed by atoms with Crippen LogP contribution in [0.1, 0.15) is 40.1 Å². The topological polar surface area (TPSA) is 72.5 Å². The van der Waals surface area contributed by atoms with Gasteiger partial charge in [0.1, 0.15) is 0 Å². The van der Waals surface area contributed by atoms with Gasteiger partial charge in [-0.25, -0.2) is 4.79 Å². The highest BCUT2D eigenvalue weighted by molar-refractivity contribution is 6.09. The van der Waals surface area contributed by atoms with Crippen LogP contribution in [0.4, 0.5) is 0 Å². The number of rotatable bonds is 6. The number of carbonyl (C=O) groups is 3. The summed E-state index contributed by atoms with van der Waals surface area (Å²) in [6.07, 6.45) is 0. The summed E-state index contributed by atoms with van der Waals surface area (Å²) in [7, 11) is 0. The van der Waals surface area contributed by atoms with Crippen molar-refractivity contribution in [1.82, 2.24) is 5.32 Å². The summed E-state index contributed by atoms with van der Waals surface area (Å²) in [5.41, 5.74) is 1.35. The molecule has 0 aliphatic heterocycles. The van der Waals surface area contributed by atoms with Crippen LogP contribution in [0.5, 0.6) is 0 Å². The minimum absolute atomic E-state index is 0.0144. The third kappa shape index (κ3) is 4.78. The van der Waals surface area contributed by atoms with E-state index in [0.717, 1.165) is 0 Å². The highest BCUT2D eigenvalue weighted by Gasteiger charge is 2.13. The standard InChI is InChI=1S/C19H19NO4/c1-13(2)20-17(21)12-24-19(23)16-10-8-15(9-11-16)18(22)14-6-4-3-5-7-14/h3-11,13H,12H2,1-2H3,(H,20,21). The molecule has 0 aliphatic carbocycles. The Morgan fingerprint density at radius 1 is 0.875 bits per heavy atom. The van der Waals surface area contributed by atoms with Crippen LogP contribution in [0.3, 0.4) is 0 Å². The second kappa shape index (κ2) is 8.06. The Morgan fingerprint density at radius 3 is 2.00 bits per heavy atom. The van der Waals surface area contributed by atoms with Crippen LogP contribution in [-0.4, -0.2) is 30.3 Å². The Balaban J connectivity index is 1.97. The van der Waals surface area contributed by atoms with E-state index in [4.69, 9.17) is 4.74 Å². The molecule has 2 aromatic carbocycles. The van der Waals surface area contributed by atoms with E-state index in [2.05, 4.69) is 5.32 Å². The van der Waals surface area contributed by atoms with Gasteiger partial charge < -0.3 is 10.1 Å². The molecule has 24 heavy (non-hydrogen) atoms. The first-order valence-corrected chi connectivity index (χ1v) is 7.63. The van der Waals surface area contributed by atoms with E-state index >= 15 is 0 Å². The Morgan fingerprint density at radius 2 is 1.42 bits per heavy atom. The van der Waals surface area contributed by atoms with Gasteiger partial charge in [0, 0.05) is 17.2 Å². The zero-order chi connectivity index (χ0) is 17.5. The zero-order valence-electron chi connectivity index (χ0n) is 13.6. The van der Waals surface area contributed by atoms with E-state index in [-0.39, 0.29) is 29.9 Å². The fourth-order valence-corrected chi connectivity index (χ4v) is 2.09. The number of carbonyl (C=O) groups excluding carboxylic acids is 3. The van der Waals surface area contributed by atoms with Gasteiger partial charge in [0.25, 0.3) is 5.91 Å². The largest absolute Gasteiger partial charge is 0.452 e. The van der Waals surface area contributed by atoms with E-state index in [1.807, 2.05) is 19.9 Å². The lowest BCUT2D eigenvalue weighted by Crippen LogP contribution is -2.33. The van der Waals surface area contributed by atoms with Crippen LogP contribution in [0.15, 0.2) is 54.6 Å². The fourth-order valence-electron chi connectivity index (χ4n) is 2.09. The third-order valence-electron chi connectivity index (χ3n) is 3.20. The number of ketones is 1. The minimum atomic E-state index is -0.604. The normalized spacial score (nSPS) is 10.3. The van der Waals surface area contributed by atoms with Crippen molar-refractivity contribution in [3.05, 3.63) is 71.3 Å². The number of esters is 1. The molecule has 124 valence electrons. The van der Waals surface area contributed by atoms with Crippen molar-refractivity contribution in [2.75, 3.05) is 6.61 Å². The number of nitrogens with one attached hydrogen (secondary N) is 1. The van der Waals surface area contributed by atoms with Crippen LogP contribution in [0.2, 0.25) is 0 Å². The minimum Gasteiger partial charge on any atom is -0.452 e. The molecule has 0 atom stereocenters. The van der Waals surface area contributed by atoms with E-state index < -0.39 is 5.97 Å². The van der Waals surface area contributed by atoms with Gasteiger partial charge in [0.05, 0.1) is 5.56 Å². The predicted molar refractivity (Wildman–Crippen MR) is 89.9 cm³/mol.